The van der Waals surface area contributed by atoms with Gasteiger partial charge in [-0.05, 0) is 41.8 Å². The number of ketones is 1. The van der Waals surface area contributed by atoms with E-state index in [-0.39, 0.29) is 24.0 Å². The lowest BCUT2D eigenvalue weighted by Gasteiger charge is -2.25. The van der Waals surface area contributed by atoms with Gasteiger partial charge in [-0.15, -0.1) is 0 Å². The molecule has 2 aliphatic heterocycles. The third-order valence-electron chi connectivity index (χ3n) is 6.02. The molecule has 2 heterocycles. The van der Waals surface area contributed by atoms with Gasteiger partial charge in [0.2, 0.25) is 0 Å². The zero-order valence-corrected chi connectivity index (χ0v) is 17.7. The number of aliphatic hydroxyl groups is 1. The van der Waals surface area contributed by atoms with Crippen molar-refractivity contribution in [3.05, 3.63) is 107 Å². The van der Waals surface area contributed by atoms with Gasteiger partial charge < -0.3 is 14.7 Å². The standard InChI is InChI=1S/C27H23NO4/c1-17-14-21-15-20(12-13-22(21)32-17)25(29)23-24(19-10-6-3-7-11-19)28(27(31)26(23)30)16-18-8-4-2-5-9-18/h2-13,15,17,24,29H,14,16H2,1H3/t17-,24+/m0/s1. The number of hydrogen-bond donors (Lipinski definition) is 1. The molecule has 0 saturated carbocycles. The van der Waals surface area contributed by atoms with Gasteiger partial charge in [0.15, 0.2) is 0 Å². The van der Waals surface area contributed by atoms with Gasteiger partial charge in [-0.3, -0.25) is 9.59 Å². The Kier molecular flexibility index (Phi) is 5.02. The van der Waals surface area contributed by atoms with Crippen LogP contribution in [0.15, 0.2) is 84.4 Å². The summed E-state index contributed by atoms with van der Waals surface area (Å²) < 4.78 is 5.75. The summed E-state index contributed by atoms with van der Waals surface area (Å²) in [7, 11) is 0. The Labute approximate surface area is 186 Å². The van der Waals surface area contributed by atoms with Crippen molar-refractivity contribution in [3.8, 4) is 5.75 Å². The van der Waals surface area contributed by atoms with E-state index in [1.54, 1.807) is 6.07 Å². The lowest BCUT2D eigenvalue weighted by atomic mass is 9.94. The highest BCUT2D eigenvalue weighted by Crippen LogP contribution is 2.41. The third-order valence-corrected chi connectivity index (χ3v) is 6.02. The normalized spacial score (nSPS) is 21.5. The molecule has 5 nitrogen and oxygen atoms in total. The molecule has 1 N–H and O–H groups in total. The number of likely N-dealkylation sites (tertiary alicyclic amines) is 1. The summed E-state index contributed by atoms with van der Waals surface area (Å²) in [6, 6.07) is 23.6. The number of Topliss-reactive ketones (excluding diaryl/α,β-unsaturated/α-hetero) is 1. The average molecular weight is 425 g/mol. The maximum Gasteiger partial charge on any atom is 0.295 e. The van der Waals surface area contributed by atoms with E-state index >= 15 is 0 Å². The van der Waals surface area contributed by atoms with Crippen molar-refractivity contribution >= 4 is 17.4 Å². The molecular formula is C27H23NO4. The summed E-state index contributed by atoms with van der Waals surface area (Å²) in [6.07, 6.45) is 0.809. The number of benzene rings is 3. The second-order valence-electron chi connectivity index (χ2n) is 8.28. The molecule has 0 spiro atoms. The van der Waals surface area contributed by atoms with E-state index in [1.165, 1.54) is 4.90 Å². The van der Waals surface area contributed by atoms with Crippen LogP contribution in [-0.2, 0) is 22.6 Å². The van der Waals surface area contributed by atoms with E-state index in [2.05, 4.69) is 0 Å². The molecule has 1 fully saturated rings. The zero-order chi connectivity index (χ0) is 22.2. The second kappa shape index (κ2) is 8.00. The number of ether oxygens (including phenoxy) is 1. The number of rotatable bonds is 4. The minimum Gasteiger partial charge on any atom is -0.507 e. The quantitative estimate of drug-likeness (QED) is 0.376. The van der Waals surface area contributed by atoms with E-state index < -0.39 is 17.7 Å². The largest absolute Gasteiger partial charge is 0.507 e. The van der Waals surface area contributed by atoms with Crippen molar-refractivity contribution in [1.82, 2.24) is 4.90 Å². The Morgan fingerprint density at radius 1 is 1.00 bits per heavy atom. The maximum absolute atomic E-state index is 13.2. The number of carbonyl (C=O) groups is 2. The molecule has 0 aliphatic carbocycles. The van der Waals surface area contributed by atoms with E-state index in [0.29, 0.717) is 5.56 Å². The van der Waals surface area contributed by atoms with Gasteiger partial charge in [-0.1, -0.05) is 60.7 Å². The number of hydrogen-bond acceptors (Lipinski definition) is 4. The lowest BCUT2D eigenvalue weighted by molar-refractivity contribution is -0.140. The highest BCUT2D eigenvalue weighted by atomic mass is 16.5. The van der Waals surface area contributed by atoms with Crippen LogP contribution in [0.4, 0.5) is 0 Å². The summed E-state index contributed by atoms with van der Waals surface area (Å²) in [5.74, 6) is -0.645. The van der Waals surface area contributed by atoms with Crippen LogP contribution in [0, 0.1) is 0 Å². The molecular weight excluding hydrogens is 402 g/mol. The minimum absolute atomic E-state index is 0.0724. The van der Waals surface area contributed by atoms with Gasteiger partial charge in [0.25, 0.3) is 11.7 Å². The van der Waals surface area contributed by atoms with E-state index in [0.717, 1.165) is 28.9 Å². The molecule has 1 amide bonds. The number of amides is 1. The predicted octanol–water partition coefficient (Wildman–Crippen LogP) is 4.63. The maximum atomic E-state index is 13.2. The van der Waals surface area contributed by atoms with Gasteiger partial charge in [-0.25, -0.2) is 0 Å². The molecule has 32 heavy (non-hydrogen) atoms. The van der Waals surface area contributed by atoms with Crippen molar-refractivity contribution in [2.75, 3.05) is 0 Å². The summed E-state index contributed by atoms with van der Waals surface area (Å²) in [4.78, 5) is 27.8. The molecule has 3 aromatic carbocycles. The van der Waals surface area contributed by atoms with Crippen molar-refractivity contribution in [1.29, 1.82) is 0 Å². The van der Waals surface area contributed by atoms with Crippen LogP contribution in [0.2, 0.25) is 0 Å². The molecule has 0 unspecified atom stereocenters. The fraction of sp³-hybridized carbons (Fsp3) is 0.185. The summed E-state index contributed by atoms with van der Waals surface area (Å²) >= 11 is 0. The van der Waals surface area contributed by atoms with Crippen LogP contribution in [0.3, 0.4) is 0 Å². The van der Waals surface area contributed by atoms with Crippen molar-refractivity contribution in [2.45, 2.75) is 32.0 Å². The van der Waals surface area contributed by atoms with E-state index in [1.807, 2.05) is 79.7 Å². The molecule has 2 aliphatic rings. The number of fused-ring (bicyclic) bond motifs is 1. The van der Waals surface area contributed by atoms with Crippen LogP contribution in [0.5, 0.6) is 5.75 Å². The second-order valence-corrected chi connectivity index (χ2v) is 8.28. The van der Waals surface area contributed by atoms with Gasteiger partial charge in [-0.2, -0.15) is 0 Å². The Balaban J connectivity index is 1.62. The Bertz CT molecular complexity index is 1220. The molecule has 1 saturated heterocycles. The van der Waals surface area contributed by atoms with Crippen LogP contribution in [0.1, 0.15) is 35.2 Å². The molecule has 3 aromatic rings. The van der Waals surface area contributed by atoms with Crippen LogP contribution >= 0.6 is 0 Å². The van der Waals surface area contributed by atoms with Crippen molar-refractivity contribution in [3.63, 3.8) is 0 Å². The molecule has 5 rings (SSSR count). The smallest absolute Gasteiger partial charge is 0.295 e. The lowest BCUT2D eigenvalue weighted by Crippen LogP contribution is -2.29. The van der Waals surface area contributed by atoms with Crippen LogP contribution < -0.4 is 4.74 Å². The van der Waals surface area contributed by atoms with Gasteiger partial charge >= 0.3 is 0 Å². The van der Waals surface area contributed by atoms with E-state index in [9.17, 15) is 14.7 Å². The van der Waals surface area contributed by atoms with Gasteiger partial charge in [0.1, 0.15) is 17.6 Å². The number of carbonyl (C=O) groups excluding carboxylic acids is 2. The molecule has 0 bridgehead atoms. The van der Waals surface area contributed by atoms with Gasteiger partial charge in [0, 0.05) is 18.5 Å². The zero-order valence-electron chi connectivity index (χ0n) is 17.7. The fourth-order valence-corrected chi connectivity index (χ4v) is 4.53. The highest BCUT2D eigenvalue weighted by Gasteiger charge is 2.46. The molecule has 160 valence electrons. The van der Waals surface area contributed by atoms with E-state index in [4.69, 9.17) is 4.74 Å². The van der Waals surface area contributed by atoms with Gasteiger partial charge in [0.05, 0.1) is 11.6 Å². The summed E-state index contributed by atoms with van der Waals surface area (Å²) in [5, 5.41) is 11.3. The average Bonchev–Trinajstić information content (AvgIpc) is 3.31. The Morgan fingerprint density at radius 3 is 2.41 bits per heavy atom. The fourth-order valence-electron chi connectivity index (χ4n) is 4.53. The number of nitrogens with zero attached hydrogens (tertiary/aromatic N) is 1. The minimum atomic E-state index is -0.669. The third kappa shape index (κ3) is 3.46. The summed E-state index contributed by atoms with van der Waals surface area (Å²) in [6.45, 7) is 2.27. The predicted molar refractivity (Wildman–Crippen MR) is 121 cm³/mol. The van der Waals surface area contributed by atoms with Crippen molar-refractivity contribution < 1.29 is 19.4 Å². The monoisotopic (exact) mass is 425 g/mol. The van der Waals surface area contributed by atoms with Crippen molar-refractivity contribution in [2.24, 2.45) is 0 Å². The first-order chi connectivity index (χ1) is 15.5. The molecule has 0 aromatic heterocycles. The SMILES string of the molecule is C[C@H]1Cc2cc(C(O)=C3C(=O)C(=O)N(Cc4ccccc4)[C@@H]3c3ccccc3)ccc2O1. The highest BCUT2D eigenvalue weighted by molar-refractivity contribution is 6.46. The molecule has 2 atom stereocenters. The first-order valence-electron chi connectivity index (χ1n) is 10.7. The Morgan fingerprint density at radius 2 is 1.69 bits per heavy atom. The van der Waals surface area contributed by atoms with Crippen LogP contribution in [-0.4, -0.2) is 27.8 Å². The summed E-state index contributed by atoms with van der Waals surface area (Å²) in [5.41, 5.74) is 3.31. The molecule has 5 heteroatoms. The number of aliphatic hydroxyl groups excluding tert-OH is 1. The topological polar surface area (TPSA) is 66.8 Å². The van der Waals surface area contributed by atoms with Crippen LogP contribution in [0.25, 0.3) is 5.76 Å². The first-order valence-corrected chi connectivity index (χ1v) is 10.7. The Hall–Kier alpha value is -3.86. The first kappa shape index (κ1) is 20.1. The molecule has 0 radical (unpaired) electrons.